The van der Waals surface area contributed by atoms with Gasteiger partial charge in [0.1, 0.15) is 11.6 Å². The van der Waals surface area contributed by atoms with E-state index in [1.807, 2.05) is 17.8 Å². The Morgan fingerprint density at radius 3 is 2.38 bits per heavy atom. The number of benzene rings is 2. The second-order valence-corrected chi connectivity index (χ2v) is 8.00. The van der Waals surface area contributed by atoms with E-state index in [9.17, 15) is 13.2 Å². The summed E-state index contributed by atoms with van der Waals surface area (Å²) in [5, 5.41) is 2.80. The molecule has 3 aromatic rings. The minimum absolute atomic E-state index is 0.0675. The van der Waals surface area contributed by atoms with Gasteiger partial charge in [-0.15, -0.1) is 0 Å². The van der Waals surface area contributed by atoms with E-state index >= 15 is 0 Å². The lowest BCUT2D eigenvalue weighted by Gasteiger charge is -2.10. The fourth-order valence-electron chi connectivity index (χ4n) is 2.69. The number of rotatable bonds is 8. The highest BCUT2D eigenvalue weighted by Gasteiger charge is 2.15. The Balaban J connectivity index is 1.60. The molecule has 1 amide bonds. The van der Waals surface area contributed by atoms with Crippen LogP contribution < -0.4 is 14.8 Å². The Morgan fingerprint density at radius 2 is 1.79 bits per heavy atom. The molecule has 0 saturated carbocycles. The van der Waals surface area contributed by atoms with Crippen LogP contribution in [-0.4, -0.2) is 37.5 Å². The Morgan fingerprint density at radius 1 is 1.10 bits per heavy atom. The maximum atomic E-state index is 12.5. The molecule has 0 spiro atoms. The SMILES string of the molecule is COc1ccc(NS(=O)(=O)c2ccc(C(=O)NCCc3nccn3C)cc2)cc1. The van der Waals surface area contributed by atoms with E-state index in [1.54, 1.807) is 30.5 Å². The van der Waals surface area contributed by atoms with Gasteiger partial charge in [-0.05, 0) is 48.5 Å². The van der Waals surface area contributed by atoms with Crippen LogP contribution in [0.25, 0.3) is 0 Å². The second-order valence-electron chi connectivity index (χ2n) is 6.32. The monoisotopic (exact) mass is 414 g/mol. The van der Waals surface area contributed by atoms with Crippen LogP contribution in [0.2, 0.25) is 0 Å². The lowest BCUT2D eigenvalue weighted by molar-refractivity contribution is 0.0954. The number of amides is 1. The lowest BCUT2D eigenvalue weighted by atomic mass is 10.2. The van der Waals surface area contributed by atoms with Crippen molar-refractivity contribution in [3.63, 3.8) is 0 Å². The molecule has 1 heterocycles. The number of hydrogen-bond acceptors (Lipinski definition) is 5. The van der Waals surface area contributed by atoms with E-state index in [-0.39, 0.29) is 10.8 Å². The van der Waals surface area contributed by atoms with Gasteiger partial charge in [0.2, 0.25) is 0 Å². The summed E-state index contributed by atoms with van der Waals surface area (Å²) >= 11 is 0. The number of carbonyl (C=O) groups is 1. The second kappa shape index (κ2) is 8.78. The zero-order chi connectivity index (χ0) is 20.9. The quantitative estimate of drug-likeness (QED) is 0.588. The predicted octanol–water partition coefficient (Wildman–Crippen LogP) is 2.20. The molecule has 8 nitrogen and oxygen atoms in total. The zero-order valence-electron chi connectivity index (χ0n) is 16.1. The highest BCUT2D eigenvalue weighted by molar-refractivity contribution is 7.92. The number of ether oxygens (including phenoxy) is 1. The predicted molar refractivity (Wildman–Crippen MR) is 109 cm³/mol. The van der Waals surface area contributed by atoms with Crippen molar-refractivity contribution in [3.8, 4) is 5.75 Å². The number of imidazole rings is 1. The summed E-state index contributed by atoms with van der Waals surface area (Å²) in [7, 11) is -0.331. The lowest BCUT2D eigenvalue weighted by Crippen LogP contribution is -2.26. The van der Waals surface area contributed by atoms with Crippen molar-refractivity contribution in [1.29, 1.82) is 0 Å². The van der Waals surface area contributed by atoms with Crippen LogP contribution in [0.3, 0.4) is 0 Å². The van der Waals surface area contributed by atoms with E-state index in [4.69, 9.17) is 4.74 Å². The number of aryl methyl sites for hydroxylation is 1. The zero-order valence-corrected chi connectivity index (χ0v) is 16.9. The third-order valence-corrected chi connectivity index (χ3v) is 5.72. The molecule has 0 atom stereocenters. The summed E-state index contributed by atoms with van der Waals surface area (Å²) in [5.41, 5.74) is 0.801. The number of nitrogens with one attached hydrogen (secondary N) is 2. The molecular weight excluding hydrogens is 392 g/mol. The summed E-state index contributed by atoms with van der Waals surface area (Å²) in [6.07, 6.45) is 4.15. The third-order valence-electron chi connectivity index (χ3n) is 4.32. The summed E-state index contributed by atoms with van der Waals surface area (Å²) < 4.78 is 34.5. The van der Waals surface area contributed by atoms with Crippen LogP contribution in [0.15, 0.2) is 65.8 Å². The van der Waals surface area contributed by atoms with E-state index in [2.05, 4.69) is 15.0 Å². The number of sulfonamides is 1. The fraction of sp³-hybridized carbons (Fsp3) is 0.200. The first-order valence-electron chi connectivity index (χ1n) is 8.90. The Kier molecular flexibility index (Phi) is 6.18. The number of aromatic nitrogens is 2. The molecule has 3 rings (SSSR count). The minimum Gasteiger partial charge on any atom is -0.497 e. The van der Waals surface area contributed by atoms with Crippen molar-refractivity contribution >= 4 is 21.6 Å². The van der Waals surface area contributed by atoms with Crippen LogP contribution in [0.4, 0.5) is 5.69 Å². The van der Waals surface area contributed by atoms with Crippen molar-refractivity contribution < 1.29 is 17.9 Å². The highest BCUT2D eigenvalue weighted by Crippen LogP contribution is 2.19. The average molecular weight is 414 g/mol. The van der Waals surface area contributed by atoms with Gasteiger partial charge >= 0.3 is 0 Å². The van der Waals surface area contributed by atoms with Gasteiger partial charge in [0.15, 0.2) is 0 Å². The fourth-order valence-corrected chi connectivity index (χ4v) is 3.74. The van der Waals surface area contributed by atoms with Crippen LogP contribution in [0.1, 0.15) is 16.2 Å². The topological polar surface area (TPSA) is 102 Å². The van der Waals surface area contributed by atoms with Gasteiger partial charge < -0.3 is 14.6 Å². The molecule has 0 bridgehead atoms. The van der Waals surface area contributed by atoms with Gasteiger partial charge in [-0.2, -0.15) is 0 Å². The van der Waals surface area contributed by atoms with E-state index in [0.29, 0.717) is 30.0 Å². The van der Waals surface area contributed by atoms with Crippen molar-refractivity contribution in [2.24, 2.45) is 7.05 Å². The molecule has 0 saturated heterocycles. The molecule has 2 aromatic carbocycles. The van der Waals surface area contributed by atoms with Gasteiger partial charge in [0.05, 0.1) is 12.0 Å². The van der Waals surface area contributed by atoms with Crippen LogP contribution in [0.5, 0.6) is 5.75 Å². The van der Waals surface area contributed by atoms with Crippen molar-refractivity contribution in [2.75, 3.05) is 18.4 Å². The van der Waals surface area contributed by atoms with E-state index < -0.39 is 10.0 Å². The molecule has 0 fully saturated rings. The number of carbonyl (C=O) groups excluding carboxylic acids is 1. The van der Waals surface area contributed by atoms with Crippen molar-refractivity contribution in [2.45, 2.75) is 11.3 Å². The summed E-state index contributed by atoms with van der Waals surface area (Å²) in [5.74, 6) is 1.23. The summed E-state index contributed by atoms with van der Waals surface area (Å²) in [6.45, 7) is 0.433. The maximum absolute atomic E-state index is 12.5. The number of hydrogen-bond donors (Lipinski definition) is 2. The van der Waals surface area contributed by atoms with Crippen molar-refractivity contribution in [3.05, 3.63) is 72.3 Å². The third kappa shape index (κ3) is 5.14. The Labute approximate surface area is 169 Å². The molecule has 0 aliphatic carbocycles. The molecule has 152 valence electrons. The van der Waals surface area contributed by atoms with Gasteiger partial charge in [0.25, 0.3) is 15.9 Å². The molecular formula is C20H22N4O4S. The van der Waals surface area contributed by atoms with E-state index in [1.165, 1.54) is 31.4 Å². The average Bonchev–Trinajstić information content (AvgIpc) is 3.13. The minimum atomic E-state index is -3.76. The van der Waals surface area contributed by atoms with Crippen LogP contribution in [-0.2, 0) is 23.5 Å². The van der Waals surface area contributed by atoms with Crippen molar-refractivity contribution in [1.82, 2.24) is 14.9 Å². The van der Waals surface area contributed by atoms with Gasteiger partial charge in [-0.25, -0.2) is 13.4 Å². The van der Waals surface area contributed by atoms with Crippen LogP contribution >= 0.6 is 0 Å². The molecule has 29 heavy (non-hydrogen) atoms. The molecule has 0 aliphatic heterocycles. The van der Waals surface area contributed by atoms with E-state index in [0.717, 1.165) is 5.82 Å². The molecule has 0 aliphatic rings. The molecule has 9 heteroatoms. The largest absolute Gasteiger partial charge is 0.497 e. The number of nitrogens with zero attached hydrogens (tertiary/aromatic N) is 2. The Bertz CT molecular complexity index is 1070. The molecule has 0 unspecified atom stereocenters. The van der Waals surface area contributed by atoms with Crippen LogP contribution in [0, 0.1) is 0 Å². The standard InChI is InChI=1S/C20H22N4O4S/c1-24-14-13-21-19(24)11-12-22-20(25)15-3-9-18(10-4-15)29(26,27)23-16-5-7-17(28-2)8-6-16/h3-10,13-14,23H,11-12H2,1-2H3,(H,22,25). The number of methoxy groups -OCH3 is 1. The smallest absolute Gasteiger partial charge is 0.261 e. The molecule has 1 aromatic heterocycles. The Hall–Kier alpha value is -3.33. The maximum Gasteiger partial charge on any atom is 0.261 e. The summed E-state index contributed by atoms with van der Waals surface area (Å²) in [4.78, 5) is 16.5. The van der Waals surface area contributed by atoms with Gasteiger partial charge in [-0.1, -0.05) is 0 Å². The molecule has 0 radical (unpaired) electrons. The van der Waals surface area contributed by atoms with Gasteiger partial charge in [0, 0.05) is 43.7 Å². The van der Waals surface area contributed by atoms with Gasteiger partial charge in [-0.3, -0.25) is 9.52 Å². The summed E-state index contributed by atoms with van der Waals surface area (Å²) in [6, 6.07) is 12.3. The normalized spacial score (nSPS) is 11.1. The molecule has 2 N–H and O–H groups in total. The first-order valence-corrected chi connectivity index (χ1v) is 10.4. The highest BCUT2D eigenvalue weighted by atomic mass is 32.2. The first-order chi connectivity index (χ1) is 13.9. The first kappa shape index (κ1) is 20.4. The number of anilines is 1.